The zero-order valence-electron chi connectivity index (χ0n) is 10.1. The van der Waals surface area contributed by atoms with Crippen LogP contribution in [0.3, 0.4) is 0 Å². The van der Waals surface area contributed by atoms with E-state index in [1.165, 1.54) is 14.2 Å². The van der Waals surface area contributed by atoms with Crippen LogP contribution in [0.4, 0.5) is 0 Å². The van der Waals surface area contributed by atoms with E-state index in [4.69, 9.17) is 15.3 Å². The Balaban J connectivity index is 3.05. The third-order valence-corrected chi connectivity index (χ3v) is 2.54. The smallest absolute Gasteiger partial charge is 0.324 e. The molecule has 0 radical (unpaired) electrons. The third kappa shape index (κ3) is 2.78. The SMILES string of the molecule is COC(=O)[C@@H](C#N)[C@@H](C#N)c1ccc(OC)cc1. The van der Waals surface area contributed by atoms with Gasteiger partial charge >= 0.3 is 5.97 Å². The number of nitriles is 2. The molecule has 92 valence electrons. The lowest BCUT2D eigenvalue weighted by Crippen LogP contribution is -2.21. The summed E-state index contributed by atoms with van der Waals surface area (Å²) < 4.78 is 9.51. The maximum atomic E-state index is 11.4. The van der Waals surface area contributed by atoms with Crippen molar-refractivity contribution in [3.05, 3.63) is 29.8 Å². The zero-order chi connectivity index (χ0) is 13.5. The van der Waals surface area contributed by atoms with Gasteiger partial charge in [-0.3, -0.25) is 4.79 Å². The first-order valence-corrected chi connectivity index (χ1v) is 5.19. The molecule has 0 aliphatic heterocycles. The predicted octanol–water partition coefficient (Wildman–Crippen LogP) is 1.62. The van der Waals surface area contributed by atoms with Gasteiger partial charge in [-0.25, -0.2) is 0 Å². The van der Waals surface area contributed by atoms with Crippen LogP contribution >= 0.6 is 0 Å². The largest absolute Gasteiger partial charge is 0.497 e. The Labute approximate surface area is 105 Å². The first-order valence-electron chi connectivity index (χ1n) is 5.19. The van der Waals surface area contributed by atoms with Crippen molar-refractivity contribution in [3.63, 3.8) is 0 Å². The molecule has 5 heteroatoms. The van der Waals surface area contributed by atoms with E-state index in [0.29, 0.717) is 11.3 Å². The Hall–Kier alpha value is -2.53. The fourth-order valence-electron chi connectivity index (χ4n) is 1.54. The number of rotatable bonds is 4. The van der Waals surface area contributed by atoms with Gasteiger partial charge in [0, 0.05) is 0 Å². The molecule has 1 aromatic carbocycles. The minimum atomic E-state index is -1.13. The monoisotopic (exact) mass is 244 g/mol. The average Bonchev–Trinajstić information content (AvgIpc) is 2.44. The average molecular weight is 244 g/mol. The molecule has 0 saturated carbocycles. The van der Waals surface area contributed by atoms with Crippen LogP contribution in [0.1, 0.15) is 11.5 Å². The van der Waals surface area contributed by atoms with Crippen LogP contribution in [0.2, 0.25) is 0 Å². The topological polar surface area (TPSA) is 83.1 Å². The van der Waals surface area contributed by atoms with Gasteiger partial charge in [-0.1, -0.05) is 12.1 Å². The summed E-state index contributed by atoms with van der Waals surface area (Å²) in [5, 5.41) is 18.1. The molecule has 5 nitrogen and oxygen atoms in total. The molecule has 0 aromatic heterocycles. The molecule has 0 unspecified atom stereocenters. The van der Waals surface area contributed by atoms with Gasteiger partial charge in [0.05, 0.1) is 32.3 Å². The normalized spacial score (nSPS) is 12.7. The number of carbonyl (C=O) groups is 1. The van der Waals surface area contributed by atoms with E-state index in [2.05, 4.69) is 4.74 Å². The second-order valence-electron chi connectivity index (χ2n) is 3.51. The van der Waals surface area contributed by atoms with Crippen LogP contribution in [0.15, 0.2) is 24.3 Å². The number of esters is 1. The van der Waals surface area contributed by atoms with Crippen LogP contribution in [0, 0.1) is 28.6 Å². The van der Waals surface area contributed by atoms with Gasteiger partial charge in [0.1, 0.15) is 5.75 Å². The summed E-state index contributed by atoms with van der Waals surface area (Å²) in [6.07, 6.45) is 0. The Kier molecular flexibility index (Phi) is 4.71. The summed E-state index contributed by atoms with van der Waals surface area (Å²) in [6, 6.07) is 10.4. The summed E-state index contributed by atoms with van der Waals surface area (Å²) in [5.41, 5.74) is 0.579. The summed E-state index contributed by atoms with van der Waals surface area (Å²) in [6.45, 7) is 0. The number of nitrogens with zero attached hydrogens (tertiary/aromatic N) is 2. The van der Waals surface area contributed by atoms with E-state index in [-0.39, 0.29) is 0 Å². The van der Waals surface area contributed by atoms with Gasteiger partial charge < -0.3 is 9.47 Å². The number of ether oxygens (including phenoxy) is 2. The molecule has 0 aliphatic rings. The molecule has 2 atom stereocenters. The Morgan fingerprint density at radius 1 is 1.17 bits per heavy atom. The van der Waals surface area contributed by atoms with Crippen molar-refractivity contribution >= 4 is 5.97 Å². The molecule has 1 rings (SSSR count). The zero-order valence-corrected chi connectivity index (χ0v) is 10.1. The second-order valence-corrected chi connectivity index (χ2v) is 3.51. The minimum absolute atomic E-state index is 0.579. The lowest BCUT2D eigenvalue weighted by atomic mass is 9.88. The molecule has 1 aromatic rings. The molecule has 0 bridgehead atoms. The molecule has 0 N–H and O–H groups in total. The highest BCUT2D eigenvalue weighted by Crippen LogP contribution is 2.26. The van der Waals surface area contributed by atoms with E-state index in [1.807, 2.05) is 6.07 Å². The Bertz CT molecular complexity index is 496. The molecule has 0 spiro atoms. The van der Waals surface area contributed by atoms with E-state index >= 15 is 0 Å². The molecule has 0 fully saturated rings. The number of hydrogen-bond donors (Lipinski definition) is 0. The van der Waals surface area contributed by atoms with E-state index in [1.54, 1.807) is 30.3 Å². The first-order chi connectivity index (χ1) is 8.67. The summed E-state index contributed by atoms with van der Waals surface area (Å²) in [4.78, 5) is 11.4. The summed E-state index contributed by atoms with van der Waals surface area (Å²) in [5.74, 6) is -2.05. The molecule has 0 heterocycles. The number of carbonyl (C=O) groups excluding carboxylic acids is 1. The summed E-state index contributed by atoms with van der Waals surface area (Å²) >= 11 is 0. The number of methoxy groups -OCH3 is 2. The highest BCUT2D eigenvalue weighted by molar-refractivity contribution is 5.77. The van der Waals surface area contributed by atoms with Crippen LogP contribution in [-0.4, -0.2) is 20.2 Å². The maximum absolute atomic E-state index is 11.4. The Morgan fingerprint density at radius 3 is 2.17 bits per heavy atom. The van der Waals surface area contributed by atoms with Crippen LogP contribution in [-0.2, 0) is 9.53 Å². The first kappa shape index (κ1) is 13.5. The van der Waals surface area contributed by atoms with Crippen LogP contribution in [0.25, 0.3) is 0 Å². The van der Waals surface area contributed by atoms with Crippen molar-refractivity contribution in [1.82, 2.24) is 0 Å². The number of benzene rings is 1. The molecular formula is C13H12N2O3. The summed E-state index contributed by atoms with van der Waals surface area (Å²) in [7, 11) is 2.72. The van der Waals surface area contributed by atoms with Crippen molar-refractivity contribution in [1.29, 1.82) is 10.5 Å². The molecule has 0 saturated heterocycles. The molecule has 0 amide bonds. The van der Waals surface area contributed by atoms with Crippen LogP contribution < -0.4 is 4.74 Å². The van der Waals surface area contributed by atoms with Gasteiger partial charge in [0.2, 0.25) is 0 Å². The Morgan fingerprint density at radius 2 is 1.78 bits per heavy atom. The highest BCUT2D eigenvalue weighted by atomic mass is 16.5. The van der Waals surface area contributed by atoms with Gasteiger partial charge in [0.15, 0.2) is 5.92 Å². The quantitative estimate of drug-likeness (QED) is 0.751. The van der Waals surface area contributed by atoms with Gasteiger partial charge in [-0.05, 0) is 17.7 Å². The van der Waals surface area contributed by atoms with Crippen LogP contribution in [0.5, 0.6) is 5.75 Å². The van der Waals surface area contributed by atoms with Crippen molar-refractivity contribution in [2.75, 3.05) is 14.2 Å². The lowest BCUT2D eigenvalue weighted by Gasteiger charge is -2.13. The van der Waals surface area contributed by atoms with Crippen molar-refractivity contribution < 1.29 is 14.3 Å². The maximum Gasteiger partial charge on any atom is 0.324 e. The fraction of sp³-hybridized carbons (Fsp3) is 0.308. The van der Waals surface area contributed by atoms with E-state index in [0.717, 1.165) is 0 Å². The van der Waals surface area contributed by atoms with Gasteiger partial charge in [-0.2, -0.15) is 10.5 Å². The molecule has 0 aliphatic carbocycles. The van der Waals surface area contributed by atoms with Gasteiger partial charge in [-0.15, -0.1) is 0 Å². The van der Waals surface area contributed by atoms with E-state index in [9.17, 15) is 4.79 Å². The number of hydrogen-bond acceptors (Lipinski definition) is 5. The van der Waals surface area contributed by atoms with Crippen molar-refractivity contribution in [3.8, 4) is 17.9 Å². The molecular weight excluding hydrogens is 232 g/mol. The minimum Gasteiger partial charge on any atom is -0.497 e. The highest BCUT2D eigenvalue weighted by Gasteiger charge is 2.30. The van der Waals surface area contributed by atoms with Crippen molar-refractivity contribution in [2.24, 2.45) is 5.92 Å². The second kappa shape index (κ2) is 6.27. The third-order valence-electron chi connectivity index (χ3n) is 2.54. The van der Waals surface area contributed by atoms with Gasteiger partial charge in [0.25, 0.3) is 0 Å². The van der Waals surface area contributed by atoms with E-state index < -0.39 is 17.8 Å². The lowest BCUT2D eigenvalue weighted by molar-refractivity contribution is -0.143. The fourth-order valence-corrected chi connectivity index (χ4v) is 1.54. The predicted molar refractivity (Wildman–Crippen MR) is 62.5 cm³/mol. The van der Waals surface area contributed by atoms with Crippen molar-refractivity contribution in [2.45, 2.75) is 5.92 Å². The standard InChI is InChI=1S/C13H12N2O3/c1-17-10-5-3-9(4-6-10)11(7-14)12(8-15)13(16)18-2/h3-6,11-12H,1-2H3/t11-,12-/m0/s1. The molecule has 18 heavy (non-hydrogen) atoms.